The molecular weight excluding hydrogens is 518 g/mol. The average molecular weight is 546 g/mol. The summed E-state index contributed by atoms with van der Waals surface area (Å²) in [5.41, 5.74) is 6.85. The molecule has 37 heavy (non-hydrogen) atoms. The fourth-order valence-corrected chi connectivity index (χ4v) is 5.39. The molecule has 3 atom stereocenters. The Kier molecular flexibility index (Phi) is 7.47. The molecule has 10 nitrogen and oxygen atoms in total. The van der Waals surface area contributed by atoms with Gasteiger partial charge in [-0.05, 0) is 50.5 Å². The Morgan fingerprint density at radius 3 is 2.59 bits per heavy atom. The van der Waals surface area contributed by atoms with Crippen LogP contribution < -0.4 is 21.7 Å². The molecule has 4 amide bonds. The van der Waals surface area contributed by atoms with Gasteiger partial charge < -0.3 is 31.4 Å². The normalized spacial score (nSPS) is 17.6. The van der Waals surface area contributed by atoms with E-state index in [2.05, 4.69) is 20.9 Å². The lowest BCUT2D eigenvalue weighted by Crippen LogP contribution is -2.50. The quantitative estimate of drug-likeness (QED) is 0.308. The van der Waals surface area contributed by atoms with Crippen molar-refractivity contribution in [3.05, 3.63) is 57.6 Å². The molecule has 0 saturated heterocycles. The molecule has 1 aliphatic rings. The Hall–Kier alpha value is -3.57. The largest absolute Gasteiger partial charge is 0.444 e. The van der Waals surface area contributed by atoms with E-state index in [0.717, 1.165) is 21.3 Å². The second-order valence-electron chi connectivity index (χ2n) is 9.85. The van der Waals surface area contributed by atoms with Crippen LogP contribution in [-0.2, 0) is 20.7 Å². The van der Waals surface area contributed by atoms with E-state index in [4.69, 9.17) is 22.1 Å². The zero-order chi connectivity index (χ0) is 26.9. The Labute approximate surface area is 222 Å². The van der Waals surface area contributed by atoms with Crippen LogP contribution in [0.2, 0.25) is 4.34 Å². The number of fused-ring (bicyclic) bond motifs is 2. The van der Waals surface area contributed by atoms with E-state index in [0.29, 0.717) is 16.5 Å². The predicted molar refractivity (Wildman–Crippen MR) is 140 cm³/mol. The van der Waals surface area contributed by atoms with Gasteiger partial charge in [0.15, 0.2) is 0 Å². The monoisotopic (exact) mass is 545 g/mol. The predicted octanol–water partition coefficient (Wildman–Crippen LogP) is 3.16. The molecule has 6 N–H and O–H groups in total. The second kappa shape index (κ2) is 10.4. The molecule has 1 aliphatic carbocycles. The van der Waals surface area contributed by atoms with E-state index >= 15 is 0 Å². The zero-order valence-electron chi connectivity index (χ0n) is 20.5. The van der Waals surface area contributed by atoms with Gasteiger partial charge in [0.25, 0.3) is 5.91 Å². The molecule has 0 fully saturated rings. The standard InChI is InChI=1S/C25H28ClN5O5S/c1-25(2,3)36-24(35)30-16(21(27)33)11-19(32)31-20-14-7-5-4-6-12(14)8-15(20)28-22(34)17-9-13-10-18(26)37-23(13)29-17/h4-7,9-10,15-16,20,29H,8,11H2,1-3H3,(H2,27,33)(H,28,34)(H,30,35)(H,31,32)/t15-,16-,20+/m1/s1. The van der Waals surface area contributed by atoms with Crippen molar-refractivity contribution >= 4 is 57.0 Å². The number of nitrogens with one attached hydrogen (secondary N) is 4. The first-order valence-corrected chi connectivity index (χ1v) is 12.8. The number of primary amides is 1. The number of amides is 4. The first kappa shape index (κ1) is 26.5. The van der Waals surface area contributed by atoms with Crippen LogP contribution in [0.3, 0.4) is 0 Å². The second-order valence-corrected chi connectivity index (χ2v) is 11.5. The molecule has 2 aromatic heterocycles. The lowest BCUT2D eigenvalue weighted by Gasteiger charge is -2.25. The molecule has 12 heteroatoms. The van der Waals surface area contributed by atoms with Gasteiger partial charge in [-0.15, -0.1) is 11.3 Å². The number of aromatic amines is 1. The van der Waals surface area contributed by atoms with Crippen LogP contribution in [0.5, 0.6) is 0 Å². The molecule has 0 saturated carbocycles. The van der Waals surface area contributed by atoms with E-state index < -0.39 is 41.6 Å². The summed E-state index contributed by atoms with van der Waals surface area (Å²) in [4.78, 5) is 53.9. The van der Waals surface area contributed by atoms with Crippen molar-refractivity contribution in [2.75, 3.05) is 0 Å². The SMILES string of the molecule is CC(C)(C)OC(=O)N[C@H](CC(=O)N[C@H]1c2ccccc2C[C@H]1NC(=O)c1cc2cc(Cl)sc2[nH]1)C(N)=O. The minimum atomic E-state index is -1.27. The third kappa shape index (κ3) is 6.41. The third-order valence-electron chi connectivity index (χ3n) is 5.81. The number of aromatic nitrogens is 1. The van der Waals surface area contributed by atoms with E-state index in [1.807, 2.05) is 24.3 Å². The lowest BCUT2D eigenvalue weighted by molar-refractivity contribution is -0.127. The first-order chi connectivity index (χ1) is 17.4. The van der Waals surface area contributed by atoms with Gasteiger partial charge in [-0.3, -0.25) is 14.4 Å². The summed E-state index contributed by atoms with van der Waals surface area (Å²) < 4.78 is 5.78. The van der Waals surface area contributed by atoms with Crippen molar-refractivity contribution in [2.45, 2.75) is 57.3 Å². The van der Waals surface area contributed by atoms with Gasteiger partial charge in [0.1, 0.15) is 22.2 Å². The van der Waals surface area contributed by atoms with Crippen LogP contribution in [-0.4, -0.2) is 46.5 Å². The number of H-pyrrole nitrogens is 1. The van der Waals surface area contributed by atoms with Crippen molar-refractivity contribution in [3.63, 3.8) is 0 Å². The fourth-order valence-electron chi connectivity index (χ4n) is 4.26. The molecular formula is C25H28ClN5O5S. The fraction of sp³-hybridized carbons (Fsp3) is 0.360. The molecule has 3 aromatic rings. The van der Waals surface area contributed by atoms with Crippen LogP contribution in [0, 0.1) is 0 Å². The van der Waals surface area contributed by atoms with Crippen LogP contribution in [0.1, 0.15) is 54.8 Å². The highest BCUT2D eigenvalue weighted by Gasteiger charge is 2.36. The summed E-state index contributed by atoms with van der Waals surface area (Å²) in [5, 5.41) is 9.09. The van der Waals surface area contributed by atoms with Gasteiger partial charge in [-0.1, -0.05) is 35.9 Å². The maximum atomic E-state index is 13.0. The number of ether oxygens (including phenoxy) is 1. The van der Waals surface area contributed by atoms with Crippen molar-refractivity contribution in [3.8, 4) is 0 Å². The Morgan fingerprint density at radius 1 is 1.19 bits per heavy atom. The highest BCUT2D eigenvalue weighted by molar-refractivity contribution is 7.22. The molecule has 2 heterocycles. The smallest absolute Gasteiger partial charge is 0.408 e. The summed E-state index contributed by atoms with van der Waals surface area (Å²) in [6.07, 6.45) is -0.738. The van der Waals surface area contributed by atoms with Crippen molar-refractivity contribution in [2.24, 2.45) is 5.73 Å². The summed E-state index contributed by atoms with van der Waals surface area (Å²) in [5.74, 6) is -1.71. The summed E-state index contributed by atoms with van der Waals surface area (Å²) in [6.45, 7) is 5.03. The van der Waals surface area contributed by atoms with Crippen LogP contribution in [0.15, 0.2) is 36.4 Å². The number of carbonyl (C=O) groups excluding carboxylic acids is 4. The Morgan fingerprint density at radius 2 is 1.92 bits per heavy atom. The van der Waals surface area contributed by atoms with E-state index in [-0.39, 0.29) is 12.3 Å². The molecule has 196 valence electrons. The molecule has 0 aliphatic heterocycles. The van der Waals surface area contributed by atoms with Gasteiger partial charge in [-0.25, -0.2) is 4.79 Å². The number of hydrogen-bond donors (Lipinski definition) is 5. The molecule has 0 unspecified atom stereocenters. The molecule has 0 radical (unpaired) electrons. The lowest BCUT2D eigenvalue weighted by atomic mass is 10.1. The van der Waals surface area contributed by atoms with Crippen LogP contribution >= 0.6 is 22.9 Å². The number of carbonyl (C=O) groups is 4. The number of nitrogens with two attached hydrogens (primary N) is 1. The molecule has 0 spiro atoms. The third-order valence-corrected chi connectivity index (χ3v) is 7.01. The van der Waals surface area contributed by atoms with Crippen molar-refractivity contribution in [1.29, 1.82) is 0 Å². The van der Waals surface area contributed by atoms with Crippen LogP contribution in [0.4, 0.5) is 4.79 Å². The van der Waals surface area contributed by atoms with Crippen LogP contribution in [0.25, 0.3) is 10.2 Å². The van der Waals surface area contributed by atoms with Gasteiger partial charge in [-0.2, -0.15) is 0 Å². The Balaban J connectivity index is 1.46. The topological polar surface area (TPSA) is 155 Å². The number of hydrogen-bond acceptors (Lipinski definition) is 6. The number of rotatable bonds is 7. The number of halogens is 1. The van der Waals surface area contributed by atoms with Gasteiger partial charge in [0, 0.05) is 5.39 Å². The van der Waals surface area contributed by atoms with Gasteiger partial charge in [0.05, 0.1) is 22.8 Å². The Bertz CT molecular complexity index is 1330. The minimum Gasteiger partial charge on any atom is -0.444 e. The molecule has 1 aromatic carbocycles. The van der Waals surface area contributed by atoms with E-state index in [1.54, 1.807) is 32.9 Å². The molecule has 0 bridgehead atoms. The van der Waals surface area contributed by atoms with Crippen molar-refractivity contribution in [1.82, 2.24) is 20.9 Å². The first-order valence-electron chi connectivity index (χ1n) is 11.6. The van der Waals surface area contributed by atoms with Gasteiger partial charge >= 0.3 is 6.09 Å². The number of benzene rings is 1. The van der Waals surface area contributed by atoms with Crippen molar-refractivity contribution < 1.29 is 23.9 Å². The molecule has 4 rings (SSSR count). The number of alkyl carbamates (subject to hydrolysis) is 1. The van der Waals surface area contributed by atoms with E-state index in [9.17, 15) is 19.2 Å². The minimum absolute atomic E-state index is 0.321. The number of thiophene rings is 1. The highest BCUT2D eigenvalue weighted by atomic mass is 35.5. The maximum absolute atomic E-state index is 13.0. The van der Waals surface area contributed by atoms with E-state index in [1.165, 1.54) is 11.3 Å². The highest BCUT2D eigenvalue weighted by Crippen LogP contribution is 2.33. The summed E-state index contributed by atoms with van der Waals surface area (Å²) in [6, 6.07) is 8.80. The zero-order valence-corrected chi connectivity index (χ0v) is 22.1. The summed E-state index contributed by atoms with van der Waals surface area (Å²) >= 11 is 7.37. The average Bonchev–Trinajstić information content (AvgIpc) is 3.43. The summed E-state index contributed by atoms with van der Waals surface area (Å²) in [7, 11) is 0. The van der Waals surface area contributed by atoms with Gasteiger partial charge in [0.2, 0.25) is 11.8 Å². The maximum Gasteiger partial charge on any atom is 0.408 e.